The van der Waals surface area contributed by atoms with Gasteiger partial charge in [-0.3, -0.25) is 20.5 Å². The molecule has 1 atom stereocenters. The molecule has 1 unspecified atom stereocenters. The summed E-state index contributed by atoms with van der Waals surface area (Å²) in [6.07, 6.45) is 0. The molecular formula is C30H24N4O2. The molecule has 0 radical (unpaired) electrons. The zero-order valence-electron chi connectivity index (χ0n) is 19.5. The minimum Gasteiger partial charge on any atom is -0.322 e. The van der Waals surface area contributed by atoms with Crippen LogP contribution in [0.2, 0.25) is 0 Å². The van der Waals surface area contributed by atoms with Gasteiger partial charge in [0.2, 0.25) is 0 Å². The summed E-state index contributed by atoms with van der Waals surface area (Å²) >= 11 is 0. The van der Waals surface area contributed by atoms with Crippen molar-refractivity contribution in [2.24, 2.45) is 0 Å². The van der Waals surface area contributed by atoms with Gasteiger partial charge in [-0.2, -0.15) is 0 Å². The summed E-state index contributed by atoms with van der Waals surface area (Å²) in [7, 11) is 0. The average molecular weight is 473 g/mol. The number of rotatable bonds is 6. The summed E-state index contributed by atoms with van der Waals surface area (Å²) in [5, 5.41) is 13.4. The molecule has 1 aromatic heterocycles. The second-order valence-corrected chi connectivity index (χ2v) is 8.84. The molecule has 176 valence electrons. The number of nitro groups is 1. The van der Waals surface area contributed by atoms with E-state index < -0.39 is 0 Å². The summed E-state index contributed by atoms with van der Waals surface area (Å²) in [6.45, 7) is 0.711. The lowest BCUT2D eigenvalue weighted by molar-refractivity contribution is -0.384. The van der Waals surface area contributed by atoms with Gasteiger partial charge >= 0.3 is 0 Å². The maximum Gasteiger partial charge on any atom is 0.269 e. The van der Waals surface area contributed by atoms with Crippen molar-refractivity contribution in [2.75, 3.05) is 10.4 Å². The van der Waals surface area contributed by atoms with Crippen LogP contribution in [-0.4, -0.2) is 9.49 Å². The number of hydrogen-bond acceptors (Lipinski definition) is 4. The van der Waals surface area contributed by atoms with Gasteiger partial charge in [-0.15, -0.1) is 0 Å². The topological polar surface area (TPSA) is 63.3 Å². The van der Waals surface area contributed by atoms with Crippen molar-refractivity contribution in [1.82, 2.24) is 4.57 Å². The van der Waals surface area contributed by atoms with E-state index in [4.69, 9.17) is 0 Å². The third-order valence-electron chi connectivity index (χ3n) is 6.61. The molecule has 2 heterocycles. The van der Waals surface area contributed by atoms with Crippen LogP contribution >= 0.6 is 0 Å². The third kappa shape index (κ3) is 3.88. The van der Waals surface area contributed by atoms with Crippen LogP contribution in [0, 0.1) is 10.1 Å². The van der Waals surface area contributed by atoms with Crippen molar-refractivity contribution < 1.29 is 4.92 Å². The van der Waals surface area contributed by atoms with Crippen LogP contribution < -0.4 is 10.4 Å². The summed E-state index contributed by atoms with van der Waals surface area (Å²) in [5.74, 6) is 1.02. The molecule has 0 amide bonds. The average Bonchev–Trinajstić information content (AvgIpc) is 3.47. The van der Waals surface area contributed by atoms with Crippen LogP contribution in [0.1, 0.15) is 22.7 Å². The third-order valence-corrected chi connectivity index (χ3v) is 6.61. The van der Waals surface area contributed by atoms with Crippen molar-refractivity contribution in [3.8, 4) is 11.3 Å². The monoisotopic (exact) mass is 472 g/mol. The largest absolute Gasteiger partial charge is 0.322 e. The van der Waals surface area contributed by atoms with Crippen LogP contribution in [0.5, 0.6) is 0 Å². The highest BCUT2D eigenvalue weighted by Gasteiger charge is 2.36. The van der Waals surface area contributed by atoms with E-state index >= 15 is 0 Å². The highest BCUT2D eigenvalue weighted by molar-refractivity contribution is 5.75. The first-order valence-corrected chi connectivity index (χ1v) is 11.9. The number of benzene rings is 4. The first-order chi connectivity index (χ1) is 17.7. The number of hydrazine groups is 1. The zero-order chi connectivity index (χ0) is 24.5. The van der Waals surface area contributed by atoms with Crippen LogP contribution in [-0.2, 0) is 6.54 Å². The van der Waals surface area contributed by atoms with Crippen molar-refractivity contribution >= 4 is 17.2 Å². The van der Waals surface area contributed by atoms with Crippen LogP contribution in [0.15, 0.2) is 121 Å². The Morgan fingerprint density at radius 1 is 0.778 bits per heavy atom. The SMILES string of the molecule is O=[N+]([O-])c1ccc(C2c3cc(-c4ccccc4)n(Cc4ccccc4)c3NN2c2ccccc2)cc1. The number of anilines is 2. The molecule has 0 aliphatic carbocycles. The fraction of sp³-hybridized carbons (Fsp3) is 0.0667. The number of para-hydroxylation sites is 1. The van der Waals surface area contributed by atoms with E-state index in [1.54, 1.807) is 12.1 Å². The number of fused-ring (bicyclic) bond motifs is 1. The summed E-state index contributed by atoms with van der Waals surface area (Å²) in [6, 6.07) is 39.9. The molecule has 1 aliphatic rings. The van der Waals surface area contributed by atoms with E-state index in [0.717, 1.165) is 33.9 Å². The van der Waals surface area contributed by atoms with Gasteiger partial charge in [0, 0.05) is 24.2 Å². The van der Waals surface area contributed by atoms with E-state index in [-0.39, 0.29) is 16.7 Å². The molecule has 1 aliphatic heterocycles. The molecule has 5 aromatic rings. The van der Waals surface area contributed by atoms with Gasteiger partial charge in [0.15, 0.2) is 0 Å². The number of aromatic nitrogens is 1. The van der Waals surface area contributed by atoms with Crippen LogP contribution in [0.4, 0.5) is 17.2 Å². The first-order valence-electron chi connectivity index (χ1n) is 11.9. The Morgan fingerprint density at radius 2 is 1.39 bits per heavy atom. The predicted octanol–water partition coefficient (Wildman–Crippen LogP) is 7.05. The standard InChI is InChI=1S/C30H24N4O2/c35-34(36)26-18-16-24(17-19-26)29-27-20-28(23-12-6-2-7-13-23)32(21-22-10-4-1-5-11-22)30(27)31-33(29)25-14-8-3-9-15-25/h1-20,29,31H,21H2. The van der Waals surface area contributed by atoms with Gasteiger partial charge in [-0.25, -0.2) is 0 Å². The first kappa shape index (κ1) is 21.7. The maximum atomic E-state index is 11.3. The Labute approximate surface area is 209 Å². The van der Waals surface area contributed by atoms with E-state index in [2.05, 4.69) is 81.7 Å². The van der Waals surface area contributed by atoms with Crippen molar-refractivity contribution in [3.63, 3.8) is 0 Å². The lowest BCUT2D eigenvalue weighted by atomic mass is 9.99. The lowest BCUT2D eigenvalue weighted by Crippen LogP contribution is -2.29. The molecule has 6 heteroatoms. The van der Waals surface area contributed by atoms with E-state index in [9.17, 15) is 10.1 Å². The van der Waals surface area contributed by atoms with Crippen LogP contribution in [0.25, 0.3) is 11.3 Å². The molecule has 0 saturated carbocycles. The molecule has 6 rings (SSSR count). The predicted molar refractivity (Wildman–Crippen MR) is 143 cm³/mol. The molecule has 1 N–H and O–H groups in total. The fourth-order valence-corrected chi connectivity index (χ4v) is 4.91. The van der Waals surface area contributed by atoms with E-state index in [1.807, 2.05) is 42.5 Å². The molecule has 6 nitrogen and oxygen atoms in total. The second-order valence-electron chi connectivity index (χ2n) is 8.84. The van der Waals surface area contributed by atoms with Gasteiger partial charge in [-0.05, 0) is 47.0 Å². The Bertz CT molecular complexity index is 1500. The van der Waals surface area contributed by atoms with Gasteiger partial charge in [0.05, 0.1) is 16.3 Å². The zero-order valence-corrected chi connectivity index (χ0v) is 19.5. The van der Waals surface area contributed by atoms with Crippen molar-refractivity contribution in [1.29, 1.82) is 0 Å². The second kappa shape index (κ2) is 9.07. The van der Waals surface area contributed by atoms with E-state index in [1.165, 1.54) is 5.56 Å². The molecule has 36 heavy (non-hydrogen) atoms. The van der Waals surface area contributed by atoms with Crippen LogP contribution in [0.3, 0.4) is 0 Å². The summed E-state index contributed by atoms with van der Waals surface area (Å²) < 4.78 is 2.32. The summed E-state index contributed by atoms with van der Waals surface area (Å²) in [4.78, 5) is 10.9. The molecule has 0 saturated heterocycles. The number of hydrogen-bond donors (Lipinski definition) is 1. The minimum absolute atomic E-state index is 0.0859. The minimum atomic E-state index is -0.360. The Hall–Kier alpha value is -4.84. The van der Waals surface area contributed by atoms with Crippen molar-refractivity contribution in [3.05, 3.63) is 148 Å². The quantitative estimate of drug-likeness (QED) is 0.212. The summed E-state index contributed by atoms with van der Waals surface area (Å²) in [5.41, 5.74) is 10.4. The lowest BCUT2D eigenvalue weighted by Gasteiger charge is -2.28. The number of nitrogens with one attached hydrogen (secondary N) is 1. The Morgan fingerprint density at radius 3 is 2.03 bits per heavy atom. The Kier molecular flexibility index (Phi) is 5.46. The van der Waals surface area contributed by atoms with Crippen molar-refractivity contribution in [2.45, 2.75) is 12.6 Å². The molecule has 0 spiro atoms. The number of non-ortho nitro benzene ring substituents is 1. The highest BCUT2D eigenvalue weighted by Crippen LogP contribution is 2.46. The Balaban J connectivity index is 1.52. The van der Waals surface area contributed by atoms with Gasteiger partial charge in [0.1, 0.15) is 11.9 Å². The number of nitrogens with zero attached hydrogens (tertiary/aromatic N) is 3. The molecule has 0 fully saturated rings. The fourth-order valence-electron chi connectivity index (χ4n) is 4.91. The molecular weight excluding hydrogens is 448 g/mol. The van der Waals surface area contributed by atoms with Gasteiger partial charge in [-0.1, -0.05) is 78.9 Å². The molecule has 4 aromatic carbocycles. The highest BCUT2D eigenvalue weighted by atomic mass is 16.6. The molecule has 0 bridgehead atoms. The van der Waals surface area contributed by atoms with Gasteiger partial charge in [0.25, 0.3) is 5.69 Å². The van der Waals surface area contributed by atoms with E-state index in [0.29, 0.717) is 6.54 Å². The normalized spacial score (nSPS) is 14.3. The maximum absolute atomic E-state index is 11.3. The van der Waals surface area contributed by atoms with Gasteiger partial charge < -0.3 is 4.57 Å². The number of nitro benzene ring substituents is 1. The smallest absolute Gasteiger partial charge is 0.269 e.